The number of hydrogen-bond donors (Lipinski definition) is 2. The lowest BCUT2D eigenvalue weighted by Crippen LogP contribution is -2.40. The van der Waals surface area contributed by atoms with Crippen LogP contribution in [0.1, 0.15) is 31.0 Å². The van der Waals surface area contributed by atoms with Crippen molar-refractivity contribution in [3.63, 3.8) is 0 Å². The molecule has 2 amide bonds. The number of benzene rings is 1. The molecule has 142 valence electrons. The maximum absolute atomic E-state index is 12.0. The lowest BCUT2D eigenvalue weighted by Gasteiger charge is -2.23. The molecule has 0 saturated heterocycles. The number of halogens is 2. The fraction of sp³-hybridized carbons (Fsp3) is 0.278. The highest BCUT2D eigenvalue weighted by Gasteiger charge is 2.19. The van der Waals surface area contributed by atoms with Gasteiger partial charge in [-0.3, -0.25) is 10.1 Å². The molecule has 3 rings (SSSR count). The van der Waals surface area contributed by atoms with Gasteiger partial charge in [0.1, 0.15) is 11.3 Å². The van der Waals surface area contributed by atoms with E-state index in [4.69, 9.17) is 28.9 Å². The third-order valence-corrected chi connectivity index (χ3v) is 4.60. The molecule has 3 aromatic rings. The lowest BCUT2D eigenvalue weighted by atomic mass is 10.0. The fourth-order valence-electron chi connectivity index (χ4n) is 3.00. The first kappa shape index (κ1) is 19.3. The summed E-state index contributed by atoms with van der Waals surface area (Å²) < 4.78 is 1.82. The Morgan fingerprint density at radius 2 is 1.85 bits per heavy atom. The second-order valence-corrected chi connectivity index (χ2v) is 7.44. The molecule has 0 aliphatic rings. The lowest BCUT2D eigenvalue weighted by molar-refractivity contribution is 0.255. The Kier molecular flexibility index (Phi) is 5.17. The van der Waals surface area contributed by atoms with Crippen LogP contribution in [0.4, 0.5) is 16.3 Å². The number of amides is 2. The van der Waals surface area contributed by atoms with E-state index in [0.717, 1.165) is 27.3 Å². The molecule has 0 aliphatic carbocycles. The van der Waals surface area contributed by atoms with Crippen LogP contribution >= 0.6 is 23.2 Å². The summed E-state index contributed by atoms with van der Waals surface area (Å²) in [7, 11) is 1.89. The smallest absolute Gasteiger partial charge is 0.338 e. The van der Waals surface area contributed by atoms with E-state index in [1.807, 2.05) is 24.7 Å². The fourth-order valence-corrected chi connectivity index (χ4v) is 3.51. The molecule has 0 atom stereocenters. The molecule has 2 aromatic heterocycles. The molecule has 9 heteroatoms. The predicted molar refractivity (Wildman–Crippen MR) is 109 cm³/mol. The van der Waals surface area contributed by atoms with Gasteiger partial charge in [0, 0.05) is 17.1 Å². The first-order valence-electron chi connectivity index (χ1n) is 8.34. The molecule has 0 spiro atoms. The van der Waals surface area contributed by atoms with Crippen LogP contribution in [0.15, 0.2) is 24.3 Å². The summed E-state index contributed by atoms with van der Waals surface area (Å²) in [4.78, 5) is 16.7. The average molecular weight is 407 g/mol. The van der Waals surface area contributed by atoms with Crippen LogP contribution in [-0.4, -0.2) is 20.8 Å². The van der Waals surface area contributed by atoms with Crippen molar-refractivity contribution in [1.29, 1.82) is 0 Å². The molecule has 7 nitrogen and oxygen atoms in total. The predicted octanol–water partition coefficient (Wildman–Crippen LogP) is 4.62. The number of hydrogen-bond acceptors (Lipinski definition) is 4. The van der Waals surface area contributed by atoms with Crippen LogP contribution in [0.2, 0.25) is 10.0 Å². The highest BCUT2D eigenvalue weighted by molar-refractivity contribution is 6.35. The second kappa shape index (κ2) is 7.25. The number of pyridine rings is 1. The maximum atomic E-state index is 12.0. The number of nitrogens with one attached hydrogen (secondary N) is 1. The number of primary amides is 1. The van der Waals surface area contributed by atoms with Crippen LogP contribution in [0.5, 0.6) is 0 Å². The monoisotopic (exact) mass is 406 g/mol. The Morgan fingerprint density at radius 3 is 2.41 bits per heavy atom. The van der Waals surface area contributed by atoms with Crippen LogP contribution in [0.3, 0.4) is 0 Å². The van der Waals surface area contributed by atoms with Gasteiger partial charge in [-0.05, 0) is 42.7 Å². The van der Waals surface area contributed by atoms with Crippen molar-refractivity contribution in [2.75, 3.05) is 10.4 Å². The zero-order valence-electron chi connectivity index (χ0n) is 15.4. The Hall–Kier alpha value is -2.51. The average Bonchev–Trinajstić information content (AvgIpc) is 2.85. The first-order valence-corrected chi connectivity index (χ1v) is 9.09. The van der Waals surface area contributed by atoms with Crippen molar-refractivity contribution < 1.29 is 4.79 Å². The number of urea groups is 1. The van der Waals surface area contributed by atoms with Gasteiger partial charge in [-0.1, -0.05) is 37.0 Å². The maximum Gasteiger partial charge on any atom is 0.338 e. The molecule has 2 heterocycles. The van der Waals surface area contributed by atoms with Gasteiger partial charge in [0.25, 0.3) is 0 Å². The standard InChI is InChI=1S/C18H20Cl2N6O/c1-9(2)14-8-15(22-16-10(3)23-25(4)17(14)16)24-26(18(21)27)13-6-11(19)5-12(20)7-13/h5-9H,1-4H3,(H2,21,27)(H,22,24). The summed E-state index contributed by atoms with van der Waals surface area (Å²) in [5.74, 6) is 0.700. The van der Waals surface area contributed by atoms with Gasteiger partial charge < -0.3 is 5.73 Å². The van der Waals surface area contributed by atoms with E-state index in [9.17, 15) is 4.79 Å². The second-order valence-electron chi connectivity index (χ2n) is 6.57. The van der Waals surface area contributed by atoms with Gasteiger partial charge in [-0.25, -0.2) is 14.8 Å². The zero-order valence-corrected chi connectivity index (χ0v) is 16.9. The minimum Gasteiger partial charge on any atom is -0.350 e. The van der Waals surface area contributed by atoms with E-state index in [0.29, 0.717) is 21.6 Å². The van der Waals surface area contributed by atoms with Gasteiger partial charge in [-0.15, -0.1) is 0 Å². The number of hydrazine groups is 1. The van der Waals surface area contributed by atoms with Crippen LogP contribution in [-0.2, 0) is 7.05 Å². The number of aromatic nitrogens is 3. The van der Waals surface area contributed by atoms with Crippen molar-refractivity contribution in [1.82, 2.24) is 14.8 Å². The van der Waals surface area contributed by atoms with E-state index in [-0.39, 0.29) is 5.92 Å². The summed E-state index contributed by atoms with van der Waals surface area (Å²) in [5.41, 5.74) is 12.5. The van der Waals surface area contributed by atoms with Crippen molar-refractivity contribution in [3.8, 4) is 0 Å². The number of nitrogens with two attached hydrogens (primary N) is 1. The van der Waals surface area contributed by atoms with Crippen molar-refractivity contribution in [2.45, 2.75) is 26.7 Å². The molecule has 0 bridgehead atoms. The summed E-state index contributed by atoms with van der Waals surface area (Å²) in [6.45, 7) is 6.07. The van der Waals surface area contributed by atoms with Crippen molar-refractivity contribution in [3.05, 3.63) is 45.6 Å². The van der Waals surface area contributed by atoms with E-state index < -0.39 is 6.03 Å². The highest BCUT2D eigenvalue weighted by Crippen LogP contribution is 2.30. The molecule has 0 aliphatic heterocycles. The summed E-state index contributed by atoms with van der Waals surface area (Å²) in [6, 6.07) is 5.91. The molecule has 3 N–H and O–H groups in total. The summed E-state index contributed by atoms with van der Waals surface area (Å²) in [5, 5.41) is 6.39. The third-order valence-electron chi connectivity index (χ3n) is 4.16. The normalized spacial score (nSPS) is 11.2. The van der Waals surface area contributed by atoms with Gasteiger partial charge >= 0.3 is 6.03 Å². The van der Waals surface area contributed by atoms with Crippen molar-refractivity contribution >= 4 is 51.8 Å². The highest BCUT2D eigenvalue weighted by atomic mass is 35.5. The first-order chi connectivity index (χ1) is 12.7. The molecular weight excluding hydrogens is 387 g/mol. The molecule has 1 aromatic carbocycles. The molecule has 27 heavy (non-hydrogen) atoms. The van der Waals surface area contributed by atoms with E-state index in [2.05, 4.69) is 29.4 Å². The third kappa shape index (κ3) is 3.79. The van der Waals surface area contributed by atoms with E-state index in [1.165, 1.54) is 0 Å². The number of anilines is 2. The Morgan fingerprint density at radius 1 is 1.22 bits per heavy atom. The number of nitrogens with zero attached hydrogens (tertiary/aromatic N) is 4. The minimum absolute atomic E-state index is 0.230. The quantitative estimate of drug-likeness (QED) is 0.618. The van der Waals surface area contributed by atoms with Gasteiger partial charge in [0.05, 0.1) is 16.9 Å². The number of carbonyl (C=O) groups excluding carboxylic acids is 1. The van der Waals surface area contributed by atoms with Crippen LogP contribution in [0, 0.1) is 6.92 Å². The Balaban J connectivity index is 2.10. The Bertz CT molecular complexity index is 1010. The topological polar surface area (TPSA) is 89.1 Å². The van der Waals surface area contributed by atoms with Gasteiger partial charge in [0.2, 0.25) is 0 Å². The summed E-state index contributed by atoms with van der Waals surface area (Å²) >= 11 is 12.1. The molecule has 0 radical (unpaired) electrons. The molecule has 0 unspecified atom stereocenters. The van der Waals surface area contributed by atoms with Gasteiger partial charge in [0.15, 0.2) is 0 Å². The van der Waals surface area contributed by atoms with Crippen molar-refractivity contribution in [2.24, 2.45) is 12.8 Å². The molecule has 0 fully saturated rings. The van der Waals surface area contributed by atoms with E-state index >= 15 is 0 Å². The molecular formula is C18H20Cl2N6O. The molecule has 0 saturated carbocycles. The Labute approximate surface area is 167 Å². The zero-order chi connectivity index (χ0) is 19.9. The SMILES string of the molecule is Cc1nn(C)c2c(C(C)C)cc(NN(C(N)=O)c3cc(Cl)cc(Cl)c3)nc12. The number of aryl methyl sites for hydroxylation is 2. The number of rotatable bonds is 4. The number of fused-ring (bicyclic) bond motifs is 1. The summed E-state index contributed by atoms with van der Waals surface area (Å²) in [6.07, 6.45) is 0. The largest absolute Gasteiger partial charge is 0.350 e. The van der Waals surface area contributed by atoms with Gasteiger partial charge in [-0.2, -0.15) is 5.10 Å². The van der Waals surface area contributed by atoms with Crippen LogP contribution in [0.25, 0.3) is 11.0 Å². The van der Waals surface area contributed by atoms with Crippen LogP contribution < -0.4 is 16.2 Å². The number of carbonyl (C=O) groups is 1. The van der Waals surface area contributed by atoms with E-state index in [1.54, 1.807) is 18.2 Å². The minimum atomic E-state index is -0.718.